The Morgan fingerprint density at radius 3 is 2.65 bits per heavy atom. The third-order valence-electron chi connectivity index (χ3n) is 4.77. The number of ether oxygens (including phenoxy) is 1. The van der Waals surface area contributed by atoms with Crippen LogP contribution in [0.5, 0.6) is 0 Å². The smallest absolute Gasteiger partial charge is 0.0615 e. The first-order chi connectivity index (χ1) is 9.63. The average molecular weight is 276 g/mol. The molecule has 0 amide bonds. The molecule has 3 heteroatoms. The van der Waals surface area contributed by atoms with E-state index in [1.807, 2.05) is 0 Å². The predicted molar refractivity (Wildman–Crippen MR) is 83.9 cm³/mol. The summed E-state index contributed by atoms with van der Waals surface area (Å²) in [7, 11) is 3.94. The molecule has 1 aromatic rings. The Labute approximate surface area is 123 Å². The molecule has 20 heavy (non-hydrogen) atoms. The SMILES string of the molecule is COCC(C)N(C)C1CC(c2ccccc2)CCC1N. The van der Waals surface area contributed by atoms with Gasteiger partial charge in [-0.1, -0.05) is 30.3 Å². The maximum atomic E-state index is 6.37. The molecule has 4 atom stereocenters. The van der Waals surface area contributed by atoms with E-state index in [-0.39, 0.29) is 6.04 Å². The standard InChI is InChI=1S/C17H28N2O/c1-13(12-20-3)19(2)17-11-15(9-10-16(17)18)14-7-5-4-6-8-14/h4-8,13,15-17H,9-12,18H2,1-3H3. The van der Waals surface area contributed by atoms with Gasteiger partial charge in [0.1, 0.15) is 0 Å². The minimum atomic E-state index is 0.277. The van der Waals surface area contributed by atoms with Crippen LogP contribution in [-0.2, 0) is 4.74 Å². The monoisotopic (exact) mass is 276 g/mol. The van der Waals surface area contributed by atoms with E-state index in [0.29, 0.717) is 18.0 Å². The molecule has 0 saturated heterocycles. The van der Waals surface area contributed by atoms with E-state index in [1.165, 1.54) is 12.0 Å². The van der Waals surface area contributed by atoms with Crippen LogP contribution in [0.3, 0.4) is 0 Å². The van der Waals surface area contributed by atoms with Crippen molar-refractivity contribution in [3.63, 3.8) is 0 Å². The minimum Gasteiger partial charge on any atom is -0.383 e. The molecule has 0 spiro atoms. The van der Waals surface area contributed by atoms with Crippen molar-refractivity contribution in [2.45, 2.75) is 50.2 Å². The first-order valence-corrected chi connectivity index (χ1v) is 7.65. The van der Waals surface area contributed by atoms with Crippen LogP contribution in [-0.4, -0.2) is 43.8 Å². The van der Waals surface area contributed by atoms with Crippen LogP contribution in [0.4, 0.5) is 0 Å². The first kappa shape index (κ1) is 15.5. The van der Waals surface area contributed by atoms with Crippen LogP contribution >= 0.6 is 0 Å². The van der Waals surface area contributed by atoms with Crippen LogP contribution < -0.4 is 5.73 Å². The van der Waals surface area contributed by atoms with Gasteiger partial charge in [0.2, 0.25) is 0 Å². The van der Waals surface area contributed by atoms with Crippen LogP contribution in [0, 0.1) is 0 Å². The highest BCUT2D eigenvalue weighted by Gasteiger charge is 2.33. The van der Waals surface area contributed by atoms with Gasteiger partial charge in [-0.25, -0.2) is 0 Å². The summed E-state index contributed by atoms with van der Waals surface area (Å²) >= 11 is 0. The Bertz CT molecular complexity index is 395. The molecular weight excluding hydrogens is 248 g/mol. The average Bonchev–Trinajstić information content (AvgIpc) is 2.48. The number of nitrogens with two attached hydrogens (primary N) is 1. The number of likely N-dealkylation sites (N-methyl/N-ethyl adjacent to an activating group) is 1. The van der Waals surface area contributed by atoms with Crippen molar-refractivity contribution in [3.05, 3.63) is 35.9 Å². The highest BCUT2D eigenvalue weighted by molar-refractivity contribution is 5.21. The van der Waals surface area contributed by atoms with E-state index >= 15 is 0 Å². The molecule has 0 radical (unpaired) electrons. The molecule has 0 aromatic heterocycles. The van der Waals surface area contributed by atoms with Crippen molar-refractivity contribution < 1.29 is 4.74 Å². The molecule has 1 aliphatic carbocycles. The Morgan fingerprint density at radius 2 is 2.00 bits per heavy atom. The van der Waals surface area contributed by atoms with Gasteiger partial charge in [0.25, 0.3) is 0 Å². The summed E-state index contributed by atoms with van der Waals surface area (Å²) in [6, 6.07) is 12.0. The molecule has 0 aliphatic heterocycles. The molecule has 1 fully saturated rings. The zero-order valence-electron chi connectivity index (χ0n) is 13.0. The van der Waals surface area contributed by atoms with Crippen molar-refractivity contribution in [2.24, 2.45) is 5.73 Å². The molecular formula is C17H28N2O. The van der Waals surface area contributed by atoms with Gasteiger partial charge in [0.05, 0.1) is 6.61 Å². The summed E-state index contributed by atoms with van der Waals surface area (Å²) in [4.78, 5) is 2.41. The number of benzene rings is 1. The van der Waals surface area contributed by atoms with Crippen molar-refractivity contribution in [2.75, 3.05) is 20.8 Å². The molecule has 1 aromatic carbocycles. The zero-order chi connectivity index (χ0) is 14.5. The largest absolute Gasteiger partial charge is 0.383 e. The van der Waals surface area contributed by atoms with Crippen molar-refractivity contribution in [1.82, 2.24) is 4.90 Å². The molecule has 2 N–H and O–H groups in total. The number of methoxy groups -OCH3 is 1. The lowest BCUT2D eigenvalue weighted by Gasteiger charge is -2.42. The van der Waals surface area contributed by atoms with Gasteiger partial charge in [-0.05, 0) is 44.7 Å². The lowest BCUT2D eigenvalue weighted by Crippen LogP contribution is -2.53. The number of nitrogens with zero attached hydrogens (tertiary/aromatic N) is 1. The molecule has 2 rings (SSSR count). The third-order valence-corrected chi connectivity index (χ3v) is 4.77. The highest BCUT2D eigenvalue weighted by Crippen LogP contribution is 2.34. The van der Waals surface area contributed by atoms with E-state index in [1.54, 1.807) is 7.11 Å². The fourth-order valence-electron chi connectivity index (χ4n) is 3.35. The summed E-state index contributed by atoms with van der Waals surface area (Å²) in [5.74, 6) is 0.637. The van der Waals surface area contributed by atoms with Gasteiger partial charge >= 0.3 is 0 Å². The van der Waals surface area contributed by atoms with Gasteiger partial charge in [-0.2, -0.15) is 0 Å². The fourth-order valence-corrected chi connectivity index (χ4v) is 3.35. The Kier molecular flexibility index (Phi) is 5.58. The summed E-state index contributed by atoms with van der Waals surface area (Å²) in [6.45, 7) is 2.97. The van der Waals surface area contributed by atoms with Gasteiger partial charge in [-0.3, -0.25) is 4.90 Å². The predicted octanol–water partition coefficient (Wildman–Crippen LogP) is 2.62. The first-order valence-electron chi connectivity index (χ1n) is 7.65. The fraction of sp³-hybridized carbons (Fsp3) is 0.647. The summed E-state index contributed by atoms with van der Waals surface area (Å²) in [6.07, 6.45) is 3.46. The van der Waals surface area contributed by atoms with Crippen LogP contribution in [0.15, 0.2) is 30.3 Å². The lowest BCUT2D eigenvalue weighted by atomic mass is 9.78. The van der Waals surface area contributed by atoms with E-state index in [2.05, 4.69) is 49.2 Å². The van der Waals surface area contributed by atoms with E-state index < -0.39 is 0 Å². The number of rotatable bonds is 5. The second-order valence-corrected chi connectivity index (χ2v) is 6.12. The van der Waals surface area contributed by atoms with Gasteiger partial charge < -0.3 is 10.5 Å². The van der Waals surface area contributed by atoms with Crippen molar-refractivity contribution >= 4 is 0 Å². The molecule has 3 nitrogen and oxygen atoms in total. The van der Waals surface area contributed by atoms with Crippen LogP contribution in [0.25, 0.3) is 0 Å². The van der Waals surface area contributed by atoms with Gasteiger partial charge in [0.15, 0.2) is 0 Å². The second kappa shape index (κ2) is 7.21. The zero-order valence-corrected chi connectivity index (χ0v) is 13.0. The normalized spacial score (nSPS) is 28.6. The van der Waals surface area contributed by atoms with Gasteiger partial charge in [-0.15, -0.1) is 0 Å². The number of hydrogen-bond donors (Lipinski definition) is 1. The molecule has 4 unspecified atom stereocenters. The molecule has 112 valence electrons. The van der Waals surface area contributed by atoms with E-state index in [4.69, 9.17) is 10.5 Å². The quantitative estimate of drug-likeness (QED) is 0.898. The lowest BCUT2D eigenvalue weighted by molar-refractivity contribution is 0.0637. The van der Waals surface area contributed by atoms with E-state index in [9.17, 15) is 0 Å². The highest BCUT2D eigenvalue weighted by atomic mass is 16.5. The Morgan fingerprint density at radius 1 is 1.30 bits per heavy atom. The molecule has 1 saturated carbocycles. The molecule has 1 aliphatic rings. The summed E-state index contributed by atoms with van der Waals surface area (Å²) < 4.78 is 5.28. The van der Waals surface area contributed by atoms with Crippen molar-refractivity contribution in [3.8, 4) is 0 Å². The summed E-state index contributed by atoms with van der Waals surface area (Å²) in [5, 5.41) is 0. The maximum absolute atomic E-state index is 6.37. The minimum absolute atomic E-state index is 0.277. The van der Waals surface area contributed by atoms with Crippen molar-refractivity contribution in [1.29, 1.82) is 0 Å². The maximum Gasteiger partial charge on any atom is 0.0615 e. The topological polar surface area (TPSA) is 38.5 Å². The second-order valence-electron chi connectivity index (χ2n) is 6.12. The summed E-state index contributed by atoms with van der Waals surface area (Å²) in [5.41, 5.74) is 7.83. The van der Waals surface area contributed by atoms with Crippen LogP contribution in [0.2, 0.25) is 0 Å². The van der Waals surface area contributed by atoms with E-state index in [0.717, 1.165) is 19.4 Å². The van der Waals surface area contributed by atoms with Crippen LogP contribution in [0.1, 0.15) is 37.7 Å². The Balaban J connectivity index is 2.05. The third kappa shape index (κ3) is 3.60. The Hall–Kier alpha value is -0.900. The molecule has 0 bridgehead atoms. The molecule has 0 heterocycles. The van der Waals surface area contributed by atoms with Gasteiger partial charge in [0, 0.05) is 25.2 Å². The number of hydrogen-bond acceptors (Lipinski definition) is 3.